The van der Waals surface area contributed by atoms with Crippen LogP contribution >= 0.6 is 0 Å². The van der Waals surface area contributed by atoms with Gasteiger partial charge in [-0.15, -0.1) is 0 Å². The summed E-state index contributed by atoms with van der Waals surface area (Å²) in [7, 11) is 0. The van der Waals surface area contributed by atoms with Crippen LogP contribution in [0.5, 0.6) is 0 Å². The molecule has 0 N–H and O–H groups in total. The molecule has 196 valence electrons. The lowest BCUT2D eigenvalue weighted by Crippen LogP contribution is -2.48. The number of hydrogen-bond acceptors (Lipinski definition) is 4. The van der Waals surface area contributed by atoms with E-state index in [1.165, 1.54) is 18.2 Å². The van der Waals surface area contributed by atoms with Crippen LogP contribution in [0.1, 0.15) is 36.0 Å². The van der Waals surface area contributed by atoms with Gasteiger partial charge in [0.05, 0.1) is 4.92 Å². The summed E-state index contributed by atoms with van der Waals surface area (Å²) >= 11 is 0. The molecular weight excluding hydrogens is 483 g/mol. The molecule has 4 aromatic rings. The Hall–Kier alpha value is -4.04. The maximum absolute atomic E-state index is 13.9. The van der Waals surface area contributed by atoms with Crippen molar-refractivity contribution in [3.63, 3.8) is 0 Å². The molecule has 1 aliphatic rings. The third kappa shape index (κ3) is 5.45. The number of carbonyl (C=O) groups is 1. The van der Waals surface area contributed by atoms with Gasteiger partial charge in [-0.1, -0.05) is 49.4 Å². The third-order valence-corrected chi connectivity index (χ3v) is 7.50. The van der Waals surface area contributed by atoms with Crippen molar-refractivity contribution >= 4 is 22.5 Å². The predicted molar refractivity (Wildman–Crippen MR) is 146 cm³/mol. The second-order valence-electron chi connectivity index (χ2n) is 9.78. The second kappa shape index (κ2) is 11.1. The molecule has 1 atom stereocenters. The van der Waals surface area contributed by atoms with Crippen molar-refractivity contribution < 1.29 is 14.1 Å². The highest BCUT2D eigenvalue weighted by Gasteiger charge is 2.28. The molecule has 0 saturated carbocycles. The van der Waals surface area contributed by atoms with Gasteiger partial charge >= 0.3 is 0 Å². The van der Waals surface area contributed by atoms with E-state index in [9.17, 15) is 19.3 Å². The van der Waals surface area contributed by atoms with Crippen LogP contribution in [0, 0.1) is 15.9 Å². The molecule has 1 saturated heterocycles. The number of nitro groups is 1. The van der Waals surface area contributed by atoms with Gasteiger partial charge in [-0.2, -0.15) is 0 Å². The summed E-state index contributed by atoms with van der Waals surface area (Å²) in [5, 5.41) is 12.4. The first-order valence-corrected chi connectivity index (χ1v) is 13.0. The molecule has 38 heavy (non-hydrogen) atoms. The zero-order valence-electron chi connectivity index (χ0n) is 21.4. The quantitative estimate of drug-likeness (QED) is 0.232. The van der Waals surface area contributed by atoms with Crippen molar-refractivity contribution in [3.8, 4) is 0 Å². The second-order valence-corrected chi connectivity index (χ2v) is 9.78. The fourth-order valence-corrected chi connectivity index (χ4v) is 5.33. The monoisotopic (exact) mass is 514 g/mol. The number of nitrogens with zero attached hydrogens (tertiary/aromatic N) is 4. The average molecular weight is 515 g/mol. The van der Waals surface area contributed by atoms with Crippen LogP contribution in [0.25, 0.3) is 10.9 Å². The van der Waals surface area contributed by atoms with E-state index in [2.05, 4.69) is 16.4 Å². The molecule has 1 fully saturated rings. The maximum Gasteiger partial charge on any atom is 0.270 e. The van der Waals surface area contributed by atoms with Crippen LogP contribution in [0.15, 0.2) is 79.0 Å². The van der Waals surface area contributed by atoms with E-state index in [0.717, 1.165) is 47.2 Å². The molecule has 0 radical (unpaired) electrons. The van der Waals surface area contributed by atoms with Gasteiger partial charge in [0.2, 0.25) is 5.91 Å². The van der Waals surface area contributed by atoms with E-state index in [1.807, 2.05) is 41.4 Å². The average Bonchev–Trinajstić information content (AvgIpc) is 3.30. The fourth-order valence-electron chi connectivity index (χ4n) is 5.33. The largest absolute Gasteiger partial charge is 0.343 e. The number of aromatic nitrogens is 1. The number of fused-ring (bicyclic) bond motifs is 1. The normalized spacial score (nSPS) is 15.1. The predicted octanol–water partition coefficient (Wildman–Crippen LogP) is 5.42. The molecule has 2 heterocycles. The number of piperazine rings is 1. The molecule has 7 nitrogen and oxygen atoms in total. The number of benzene rings is 3. The minimum Gasteiger partial charge on any atom is -0.343 e. The lowest BCUT2D eigenvalue weighted by Gasteiger charge is -2.34. The van der Waals surface area contributed by atoms with E-state index >= 15 is 0 Å². The van der Waals surface area contributed by atoms with Crippen LogP contribution in [0.2, 0.25) is 0 Å². The summed E-state index contributed by atoms with van der Waals surface area (Å²) < 4.78 is 15.9. The minimum absolute atomic E-state index is 0.00363. The van der Waals surface area contributed by atoms with Crippen LogP contribution in [0.3, 0.4) is 0 Å². The summed E-state index contributed by atoms with van der Waals surface area (Å²) in [6, 6.07) is 21.1. The van der Waals surface area contributed by atoms with Crippen LogP contribution in [-0.4, -0.2) is 57.9 Å². The number of halogens is 1. The highest BCUT2D eigenvalue weighted by molar-refractivity contribution is 5.88. The molecular formula is C30H31FN4O3. The zero-order chi connectivity index (χ0) is 26.6. The summed E-state index contributed by atoms with van der Waals surface area (Å²) in [4.78, 5) is 29.0. The molecule has 1 aromatic heterocycles. The highest BCUT2D eigenvalue weighted by atomic mass is 19.1. The van der Waals surface area contributed by atoms with Crippen LogP contribution in [-0.2, 0) is 11.3 Å². The first kappa shape index (κ1) is 25.6. The first-order chi connectivity index (χ1) is 18.4. The summed E-state index contributed by atoms with van der Waals surface area (Å²) in [5.74, 6) is -0.699. The number of non-ortho nitro benzene ring substituents is 1. The van der Waals surface area contributed by atoms with Gasteiger partial charge in [0, 0.05) is 74.3 Å². The molecule has 0 bridgehead atoms. The SMILES string of the molecule is CCN1CCN(C(=O)CC(c2ccc(F)cc2)c2cn(Cc3ccccc3)c3ccc([N+](=O)[O-])cc23)CC1. The summed E-state index contributed by atoms with van der Waals surface area (Å²) in [5.41, 5.74) is 3.57. The van der Waals surface area contributed by atoms with E-state index in [0.29, 0.717) is 19.6 Å². The van der Waals surface area contributed by atoms with Crippen molar-refractivity contribution in [2.45, 2.75) is 25.8 Å². The van der Waals surface area contributed by atoms with Gasteiger partial charge in [0.25, 0.3) is 5.69 Å². The number of likely N-dealkylation sites (N-methyl/N-ethyl adjacent to an activating group) is 1. The van der Waals surface area contributed by atoms with E-state index in [4.69, 9.17) is 0 Å². The molecule has 0 aliphatic carbocycles. The number of rotatable bonds is 8. The molecule has 5 rings (SSSR count). The Morgan fingerprint density at radius 1 is 1.00 bits per heavy atom. The molecule has 3 aromatic carbocycles. The summed E-state index contributed by atoms with van der Waals surface area (Å²) in [6.07, 6.45) is 2.20. The topological polar surface area (TPSA) is 71.6 Å². The molecule has 1 aliphatic heterocycles. The zero-order valence-corrected chi connectivity index (χ0v) is 21.4. The Bertz CT molecular complexity index is 1430. The lowest BCUT2D eigenvalue weighted by atomic mass is 9.87. The number of amides is 1. The standard InChI is InChI=1S/C30H31FN4O3/c1-2-32-14-16-33(17-15-32)30(36)19-26(23-8-10-24(31)11-9-23)28-21-34(20-22-6-4-3-5-7-22)29-13-12-25(35(37)38)18-27(28)29/h3-13,18,21,26H,2,14-17,19-20H2,1H3. The highest BCUT2D eigenvalue weighted by Crippen LogP contribution is 2.37. The fraction of sp³-hybridized carbons (Fsp3) is 0.300. The Balaban J connectivity index is 1.57. The van der Waals surface area contributed by atoms with Crippen molar-refractivity contribution in [1.82, 2.24) is 14.4 Å². The number of carbonyl (C=O) groups excluding carboxylic acids is 1. The first-order valence-electron chi connectivity index (χ1n) is 13.0. The number of nitro benzene ring substituents is 1. The van der Waals surface area contributed by atoms with Gasteiger partial charge < -0.3 is 14.4 Å². The Kier molecular flexibility index (Phi) is 7.51. The van der Waals surface area contributed by atoms with E-state index in [1.54, 1.807) is 24.3 Å². The molecule has 1 amide bonds. The van der Waals surface area contributed by atoms with Crippen LogP contribution in [0.4, 0.5) is 10.1 Å². The molecule has 0 spiro atoms. The van der Waals surface area contributed by atoms with Crippen molar-refractivity contribution in [3.05, 3.63) is 112 Å². The van der Waals surface area contributed by atoms with Gasteiger partial charge in [0.1, 0.15) is 5.82 Å². The van der Waals surface area contributed by atoms with Gasteiger partial charge in [-0.25, -0.2) is 4.39 Å². The lowest BCUT2D eigenvalue weighted by molar-refractivity contribution is -0.384. The molecule has 8 heteroatoms. The Morgan fingerprint density at radius 2 is 1.71 bits per heavy atom. The van der Waals surface area contributed by atoms with E-state index < -0.39 is 4.92 Å². The van der Waals surface area contributed by atoms with Crippen molar-refractivity contribution in [2.75, 3.05) is 32.7 Å². The smallest absolute Gasteiger partial charge is 0.270 e. The van der Waals surface area contributed by atoms with Gasteiger partial charge in [-0.3, -0.25) is 14.9 Å². The number of hydrogen-bond donors (Lipinski definition) is 0. The van der Waals surface area contributed by atoms with Crippen molar-refractivity contribution in [2.24, 2.45) is 0 Å². The Morgan fingerprint density at radius 3 is 2.37 bits per heavy atom. The molecule has 1 unspecified atom stereocenters. The summed E-state index contributed by atoms with van der Waals surface area (Å²) in [6.45, 7) is 6.68. The van der Waals surface area contributed by atoms with E-state index in [-0.39, 0.29) is 29.8 Å². The Labute approximate surface area is 221 Å². The third-order valence-electron chi connectivity index (χ3n) is 7.50. The van der Waals surface area contributed by atoms with Crippen LogP contribution < -0.4 is 0 Å². The minimum atomic E-state index is -0.400. The van der Waals surface area contributed by atoms with Crippen molar-refractivity contribution in [1.29, 1.82) is 0 Å². The maximum atomic E-state index is 13.9. The van der Waals surface area contributed by atoms with Gasteiger partial charge in [-0.05, 0) is 41.4 Å². The van der Waals surface area contributed by atoms with Gasteiger partial charge in [0.15, 0.2) is 0 Å².